The first-order chi connectivity index (χ1) is 9.75. The predicted octanol–water partition coefficient (Wildman–Crippen LogP) is 0.366. The maximum absolute atomic E-state index is 11.8. The molecule has 0 aliphatic heterocycles. The van der Waals surface area contributed by atoms with Gasteiger partial charge < -0.3 is 11.1 Å². The zero-order valence-corrected chi connectivity index (χ0v) is 13.2. The largest absolute Gasteiger partial charge is 0.354 e. The molecule has 6 nitrogen and oxygen atoms in total. The van der Waals surface area contributed by atoms with Crippen LogP contribution in [0.4, 0.5) is 0 Å². The van der Waals surface area contributed by atoms with E-state index in [1.807, 2.05) is 13.8 Å². The highest BCUT2D eigenvalue weighted by atomic mass is 32.2. The van der Waals surface area contributed by atoms with E-state index in [1.165, 1.54) is 12.1 Å². The van der Waals surface area contributed by atoms with Crippen LogP contribution >= 0.6 is 0 Å². The van der Waals surface area contributed by atoms with Crippen LogP contribution in [0.1, 0.15) is 25.8 Å². The van der Waals surface area contributed by atoms with Crippen molar-refractivity contribution in [3.63, 3.8) is 0 Å². The molecule has 0 aliphatic carbocycles. The Hall–Kier alpha value is -1.44. The highest BCUT2D eigenvalue weighted by Gasteiger charge is 2.18. The Morgan fingerprint density at radius 2 is 1.86 bits per heavy atom. The van der Waals surface area contributed by atoms with Crippen LogP contribution in [0.25, 0.3) is 0 Å². The van der Waals surface area contributed by atoms with Crippen molar-refractivity contribution in [1.82, 2.24) is 5.32 Å². The second-order valence-electron chi connectivity index (χ2n) is 5.14. The van der Waals surface area contributed by atoms with Crippen LogP contribution in [-0.2, 0) is 21.2 Å². The Labute approximate surface area is 126 Å². The van der Waals surface area contributed by atoms with Crippen LogP contribution in [-0.4, -0.2) is 26.9 Å². The van der Waals surface area contributed by atoms with Crippen LogP contribution in [0.5, 0.6) is 0 Å². The van der Waals surface area contributed by atoms with Crippen molar-refractivity contribution in [2.45, 2.75) is 37.6 Å². The number of amides is 1. The van der Waals surface area contributed by atoms with Gasteiger partial charge in [-0.25, -0.2) is 13.6 Å². The molecule has 118 valence electrons. The van der Waals surface area contributed by atoms with Crippen LogP contribution in [0.3, 0.4) is 0 Å². The number of sulfonamides is 1. The standard InChI is InChI=1S/C14H23N3O3S/c1-3-10(2)13(15)14(18)17-9-8-11-4-6-12(7-5-11)21(16,19)20/h4-7,10,13H,3,8-9,15H2,1-2H3,(H,17,18)(H2,16,19,20)/t10?,13-/m0/s1. The Morgan fingerprint density at radius 1 is 1.29 bits per heavy atom. The average molecular weight is 313 g/mol. The van der Waals surface area contributed by atoms with E-state index in [2.05, 4.69) is 5.32 Å². The molecule has 0 fully saturated rings. The first-order valence-electron chi connectivity index (χ1n) is 6.90. The van der Waals surface area contributed by atoms with Crippen molar-refractivity contribution in [2.75, 3.05) is 6.54 Å². The van der Waals surface area contributed by atoms with Gasteiger partial charge in [0.15, 0.2) is 0 Å². The number of primary sulfonamides is 1. The summed E-state index contributed by atoms with van der Waals surface area (Å²) in [6.45, 7) is 4.39. The molecule has 5 N–H and O–H groups in total. The van der Waals surface area contributed by atoms with E-state index in [-0.39, 0.29) is 16.7 Å². The van der Waals surface area contributed by atoms with Crippen molar-refractivity contribution >= 4 is 15.9 Å². The Morgan fingerprint density at radius 3 is 2.33 bits per heavy atom. The fourth-order valence-electron chi connectivity index (χ4n) is 1.81. The zero-order chi connectivity index (χ0) is 16.0. The number of benzene rings is 1. The van der Waals surface area contributed by atoms with Gasteiger partial charge in [-0.05, 0) is 30.0 Å². The van der Waals surface area contributed by atoms with Gasteiger partial charge in [-0.2, -0.15) is 0 Å². The van der Waals surface area contributed by atoms with Crippen molar-refractivity contribution in [1.29, 1.82) is 0 Å². The molecular weight excluding hydrogens is 290 g/mol. The first kappa shape index (κ1) is 17.6. The second-order valence-corrected chi connectivity index (χ2v) is 6.70. The number of carbonyl (C=O) groups excluding carboxylic acids is 1. The predicted molar refractivity (Wildman–Crippen MR) is 82.0 cm³/mol. The molecular formula is C14H23N3O3S. The van der Waals surface area contributed by atoms with Gasteiger partial charge in [0.05, 0.1) is 10.9 Å². The summed E-state index contributed by atoms with van der Waals surface area (Å²) in [6.07, 6.45) is 1.45. The summed E-state index contributed by atoms with van der Waals surface area (Å²) in [5, 5.41) is 7.81. The minimum atomic E-state index is -3.66. The highest BCUT2D eigenvalue weighted by Crippen LogP contribution is 2.09. The van der Waals surface area contributed by atoms with Gasteiger partial charge in [-0.15, -0.1) is 0 Å². The molecule has 1 aromatic rings. The van der Waals surface area contributed by atoms with E-state index in [9.17, 15) is 13.2 Å². The average Bonchev–Trinajstić information content (AvgIpc) is 2.45. The lowest BCUT2D eigenvalue weighted by atomic mass is 9.99. The molecule has 1 unspecified atom stereocenters. The Balaban J connectivity index is 2.48. The van der Waals surface area contributed by atoms with Gasteiger partial charge >= 0.3 is 0 Å². The van der Waals surface area contributed by atoms with Crippen LogP contribution in [0, 0.1) is 5.92 Å². The van der Waals surface area contributed by atoms with Crippen molar-refractivity contribution in [2.24, 2.45) is 16.8 Å². The molecule has 1 aromatic carbocycles. The fourth-order valence-corrected chi connectivity index (χ4v) is 2.32. The summed E-state index contributed by atoms with van der Waals surface area (Å²) in [6, 6.07) is 5.77. The summed E-state index contributed by atoms with van der Waals surface area (Å²) >= 11 is 0. The molecule has 7 heteroatoms. The number of carbonyl (C=O) groups is 1. The van der Waals surface area contributed by atoms with Crippen LogP contribution in [0.2, 0.25) is 0 Å². The van der Waals surface area contributed by atoms with E-state index >= 15 is 0 Å². The summed E-state index contributed by atoms with van der Waals surface area (Å²) in [5.74, 6) is -0.0236. The summed E-state index contributed by atoms with van der Waals surface area (Å²) in [5.41, 5.74) is 6.74. The highest BCUT2D eigenvalue weighted by molar-refractivity contribution is 7.89. The second kappa shape index (κ2) is 7.53. The van der Waals surface area contributed by atoms with E-state index in [0.29, 0.717) is 13.0 Å². The quantitative estimate of drug-likeness (QED) is 0.674. The third-order valence-electron chi connectivity index (χ3n) is 3.52. The molecule has 1 amide bonds. The lowest BCUT2D eigenvalue weighted by Crippen LogP contribution is -2.45. The number of rotatable bonds is 7. The fraction of sp³-hybridized carbons (Fsp3) is 0.500. The molecule has 0 saturated carbocycles. The molecule has 0 aliphatic rings. The normalized spacial score (nSPS) is 14.5. The molecule has 1 rings (SSSR count). The molecule has 0 heterocycles. The van der Waals surface area contributed by atoms with E-state index in [0.717, 1.165) is 12.0 Å². The lowest BCUT2D eigenvalue weighted by molar-refractivity contribution is -0.123. The summed E-state index contributed by atoms with van der Waals surface area (Å²) in [4.78, 5) is 11.9. The maximum Gasteiger partial charge on any atom is 0.238 e. The third kappa shape index (κ3) is 5.45. The minimum absolute atomic E-state index is 0.0779. The molecule has 0 radical (unpaired) electrons. The molecule has 0 bridgehead atoms. The molecule has 0 saturated heterocycles. The van der Waals surface area contributed by atoms with Crippen molar-refractivity contribution in [3.8, 4) is 0 Å². The smallest absolute Gasteiger partial charge is 0.238 e. The number of nitrogens with one attached hydrogen (secondary N) is 1. The monoisotopic (exact) mass is 313 g/mol. The van der Waals surface area contributed by atoms with Crippen LogP contribution in [0.15, 0.2) is 29.2 Å². The third-order valence-corrected chi connectivity index (χ3v) is 4.45. The zero-order valence-electron chi connectivity index (χ0n) is 12.4. The topological polar surface area (TPSA) is 115 Å². The van der Waals surface area contributed by atoms with Gasteiger partial charge in [-0.3, -0.25) is 4.79 Å². The van der Waals surface area contributed by atoms with Gasteiger partial charge in [0.25, 0.3) is 0 Å². The van der Waals surface area contributed by atoms with Gasteiger partial charge in [-0.1, -0.05) is 32.4 Å². The molecule has 2 atom stereocenters. The van der Waals surface area contributed by atoms with Gasteiger partial charge in [0, 0.05) is 6.54 Å². The molecule has 0 aromatic heterocycles. The Kier molecular flexibility index (Phi) is 6.32. The van der Waals surface area contributed by atoms with Crippen molar-refractivity contribution < 1.29 is 13.2 Å². The molecule has 0 spiro atoms. The Bertz CT molecular complexity index is 570. The summed E-state index contributed by atoms with van der Waals surface area (Å²) in [7, 11) is -3.66. The minimum Gasteiger partial charge on any atom is -0.354 e. The molecule has 21 heavy (non-hydrogen) atoms. The first-order valence-corrected chi connectivity index (χ1v) is 8.45. The van der Waals surface area contributed by atoms with Crippen LogP contribution < -0.4 is 16.2 Å². The summed E-state index contributed by atoms with van der Waals surface area (Å²) < 4.78 is 22.2. The van der Waals surface area contributed by atoms with Crippen molar-refractivity contribution in [3.05, 3.63) is 29.8 Å². The lowest BCUT2D eigenvalue weighted by Gasteiger charge is -2.17. The van der Waals surface area contributed by atoms with E-state index < -0.39 is 16.1 Å². The number of hydrogen-bond acceptors (Lipinski definition) is 4. The SMILES string of the molecule is CCC(C)[C@H](N)C(=O)NCCc1ccc(S(N)(=O)=O)cc1. The maximum atomic E-state index is 11.8. The van der Waals surface area contributed by atoms with Gasteiger partial charge in [0.1, 0.15) is 0 Å². The number of hydrogen-bond donors (Lipinski definition) is 3. The van der Waals surface area contributed by atoms with E-state index in [1.54, 1.807) is 12.1 Å². The van der Waals surface area contributed by atoms with Gasteiger partial charge in [0.2, 0.25) is 15.9 Å². The number of nitrogens with two attached hydrogens (primary N) is 2. The van der Waals surface area contributed by atoms with E-state index in [4.69, 9.17) is 10.9 Å².